The van der Waals surface area contributed by atoms with Gasteiger partial charge in [-0.3, -0.25) is 4.79 Å². The summed E-state index contributed by atoms with van der Waals surface area (Å²) < 4.78 is 34.2. The van der Waals surface area contributed by atoms with E-state index in [2.05, 4.69) is 62.5 Å². The fourth-order valence-corrected chi connectivity index (χ4v) is 7.29. The maximum absolute atomic E-state index is 13.0. The van der Waals surface area contributed by atoms with E-state index in [4.69, 9.17) is 28.4 Å². The number of aliphatic hydroxyl groups excluding tert-OH is 7. The zero-order valence-electron chi connectivity index (χ0n) is 38.5. The molecule has 11 atom stereocenters. The Hall–Kier alpha value is -2.05. The molecule has 0 amide bonds. The van der Waals surface area contributed by atoms with Gasteiger partial charge in [-0.25, -0.2) is 0 Å². The molecule has 0 aromatic rings. The monoisotopic (exact) mass is 899 g/mol. The summed E-state index contributed by atoms with van der Waals surface area (Å²) in [5.41, 5.74) is 0. The van der Waals surface area contributed by atoms with Crippen LogP contribution in [0.5, 0.6) is 0 Å². The highest BCUT2D eigenvalue weighted by molar-refractivity contribution is 5.69. The number of hydrogen-bond acceptors (Lipinski definition) is 14. The second-order valence-electron chi connectivity index (χ2n) is 16.9. The third kappa shape index (κ3) is 25.4. The van der Waals surface area contributed by atoms with Gasteiger partial charge in [0.1, 0.15) is 54.9 Å². The molecule has 2 aliphatic rings. The molecule has 0 spiro atoms. The molecule has 0 aliphatic carbocycles. The largest absolute Gasteiger partial charge is 0.457 e. The number of esters is 1. The molecule has 11 unspecified atom stereocenters. The Morgan fingerprint density at radius 1 is 0.524 bits per heavy atom. The predicted octanol–water partition coefficient (Wildman–Crippen LogP) is 6.40. The summed E-state index contributed by atoms with van der Waals surface area (Å²) in [5.74, 6) is -0.397. The Balaban J connectivity index is 1.80. The Labute approximate surface area is 378 Å². The highest BCUT2D eigenvalue weighted by atomic mass is 16.7. The third-order valence-corrected chi connectivity index (χ3v) is 11.3. The van der Waals surface area contributed by atoms with E-state index in [1.165, 1.54) is 38.5 Å². The van der Waals surface area contributed by atoms with E-state index in [1.807, 2.05) is 0 Å². The molecule has 2 saturated heterocycles. The van der Waals surface area contributed by atoms with Crippen LogP contribution in [0.25, 0.3) is 0 Å². The Morgan fingerprint density at radius 2 is 1.02 bits per heavy atom. The molecule has 2 heterocycles. The summed E-state index contributed by atoms with van der Waals surface area (Å²) in [4.78, 5) is 13.0. The molecule has 0 aromatic carbocycles. The third-order valence-electron chi connectivity index (χ3n) is 11.3. The minimum Gasteiger partial charge on any atom is -0.457 e. The zero-order valence-corrected chi connectivity index (χ0v) is 38.5. The summed E-state index contributed by atoms with van der Waals surface area (Å²) >= 11 is 0. The lowest BCUT2D eigenvalue weighted by Crippen LogP contribution is -2.61. The molecular formula is C49H86O14. The van der Waals surface area contributed by atoms with Crippen LogP contribution < -0.4 is 0 Å². The summed E-state index contributed by atoms with van der Waals surface area (Å²) in [6.07, 6.45) is 24.6. The van der Waals surface area contributed by atoms with Crippen molar-refractivity contribution in [3.8, 4) is 0 Å². The van der Waals surface area contributed by atoms with Crippen molar-refractivity contribution in [3.63, 3.8) is 0 Å². The Morgan fingerprint density at radius 3 is 1.59 bits per heavy atom. The minimum atomic E-state index is -1.71. The molecule has 366 valence electrons. The number of aliphatic hydroxyl groups is 7. The number of carbonyl (C=O) groups excluding carboxylic acids is 1. The number of allylic oxidation sites excluding steroid dienone is 8. The fourth-order valence-electron chi connectivity index (χ4n) is 7.29. The van der Waals surface area contributed by atoms with Crippen LogP contribution in [0.1, 0.15) is 155 Å². The molecule has 2 fully saturated rings. The van der Waals surface area contributed by atoms with E-state index in [1.54, 1.807) is 0 Å². The van der Waals surface area contributed by atoms with Crippen LogP contribution in [0, 0.1) is 0 Å². The van der Waals surface area contributed by atoms with Gasteiger partial charge in [0.05, 0.1) is 26.4 Å². The number of rotatable bonds is 37. The van der Waals surface area contributed by atoms with Crippen molar-refractivity contribution in [1.29, 1.82) is 0 Å². The predicted molar refractivity (Wildman–Crippen MR) is 243 cm³/mol. The molecular weight excluding hydrogens is 813 g/mol. The molecule has 14 nitrogen and oxygen atoms in total. The normalized spacial score (nSPS) is 27.4. The highest BCUT2D eigenvalue weighted by Crippen LogP contribution is 2.26. The van der Waals surface area contributed by atoms with E-state index in [0.29, 0.717) is 13.0 Å². The van der Waals surface area contributed by atoms with Gasteiger partial charge in [0.2, 0.25) is 0 Å². The first-order valence-corrected chi connectivity index (χ1v) is 24.2. The number of unbranched alkanes of at least 4 members (excludes halogenated alkanes) is 15. The summed E-state index contributed by atoms with van der Waals surface area (Å²) in [6, 6.07) is 0. The standard InChI is InChI=1S/C49H86O14/c1-3-5-7-9-11-13-15-17-18-19-21-23-25-27-29-31-33-58-35-38(61-41(51)32-30-28-26-24-22-20-16-14-12-10-8-6-4-2)36-59-48-47(57)45(55)43(53)40(63-48)37-60-49-46(56)44(54)42(52)39(34-50)62-49/h8,10-11,13-14,16-18,38-40,42-50,52-57H,3-7,9,12,15,19-37H2,1-2H3/b10-8-,13-11-,16-14-,18-17-. The van der Waals surface area contributed by atoms with Crippen molar-refractivity contribution >= 4 is 5.97 Å². The van der Waals surface area contributed by atoms with Gasteiger partial charge in [-0.2, -0.15) is 0 Å². The first-order chi connectivity index (χ1) is 30.6. The molecule has 63 heavy (non-hydrogen) atoms. The van der Waals surface area contributed by atoms with Crippen molar-refractivity contribution in [2.24, 2.45) is 0 Å². The second kappa shape index (κ2) is 37.1. The van der Waals surface area contributed by atoms with E-state index in [0.717, 1.165) is 89.9 Å². The first kappa shape index (κ1) is 57.1. The maximum atomic E-state index is 13.0. The summed E-state index contributed by atoms with van der Waals surface area (Å²) in [6.45, 7) is 3.53. The average Bonchev–Trinajstić information content (AvgIpc) is 3.28. The molecule has 0 aromatic heterocycles. The quantitative estimate of drug-likeness (QED) is 0.0204. The molecule has 7 N–H and O–H groups in total. The van der Waals surface area contributed by atoms with Crippen LogP contribution >= 0.6 is 0 Å². The van der Waals surface area contributed by atoms with Gasteiger partial charge in [-0.1, -0.05) is 127 Å². The van der Waals surface area contributed by atoms with Gasteiger partial charge in [0.15, 0.2) is 12.6 Å². The zero-order chi connectivity index (χ0) is 45.9. The highest BCUT2D eigenvalue weighted by Gasteiger charge is 2.47. The van der Waals surface area contributed by atoms with Gasteiger partial charge in [-0.15, -0.1) is 0 Å². The van der Waals surface area contributed by atoms with E-state index >= 15 is 0 Å². The van der Waals surface area contributed by atoms with Crippen LogP contribution in [0.15, 0.2) is 48.6 Å². The van der Waals surface area contributed by atoms with E-state index in [-0.39, 0.29) is 19.6 Å². The SMILES string of the molecule is CCC/C=C\C/C=C\CCCCCCCC(=O)OC(COCCCCCCCC/C=C\C/C=C\CCCCC)COC1OC(COC2OC(CO)C(O)C(O)C2O)C(O)C(O)C1O. The van der Waals surface area contributed by atoms with Crippen LogP contribution in [-0.2, 0) is 33.2 Å². The van der Waals surface area contributed by atoms with Gasteiger partial charge in [0, 0.05) is 13.0 Å². The molecule has 2 rings (SSSR count). The number of hydrogen-bond donors (Lipinski definition) is 7. The smallest absolute Gasteiger partial charge is 0.306 e. The fraction of sp³-hybridized carbons (Fsp3) is 0.816. The molecule has 14 heteroatoms. The molecule has 2 aliphatic heterocycles. The van der Waals surface area contributed by atoms with Crippen LogP contribution in [0.3, 0.4) is 0 Å². The van der Waals surface area contributed by atoms with Crippen molar-refractivity contribution in [1.82, 2.24) is 0 Å². The maximum Gasteiger partial charge on any atom is 0.306 e. The van der Waals surface area contributed by atoms with E-state index in [9.17, 15) is 40.5 Å². The second-order valence-corrected chi connectivity index (χ2v) is 16.9. The van der Waals surface area contributed by atoms with Gasteiger partial charge in [-0.05, 0) is 70.6 Å². The Bertz CT molecular complexity index is 1230. The lowest BCUT2D eigenvalue weighted by atomic mass is 9.98. The Kier molecular flexibility index (Phi) is 33.6. The van der Waals surface area contributed by atoms with Crippen LogP contribution in [0.4, 0.5) is 0 Å². The minimum absolute atomic E-state index is 0.0472. The molecule has 0 radical (unpaired) electrons. The molecule has 0 bridgehead atoms. The summed E-state index contributed by atoms with van der Waals surface area (Å²) in [7, 11) is 0. The lowest BCUT2D eigenvalue weighted by molar-refractivity contribution is -0.332. The topological polar surface area (TPSA) is 214 Å². The van der Waals surface area contributed by atoms with Gasteiger partial charge in [0.25, 0.3) is 0 Å². The molecule has 0 saturated carbocycles. The summed E-state index contributed by atoms with van der Waals surface area (Å²) in [5, 5.41) is 72.0. The number of carbonyl (C=O) groups is 1. The van der Waals surface area contributed by atoms with Crippen LogP contribution in [-0.4, -0.2) is 142 Å². The van der Waals surface area contributed by atoms with E-state index < -0.39 is 86.7 Å². The average molecular weight is 899 g/mol. The van der Waals surface area contributed by atoms with Gasteiger partial charge < -0.3 is 64.2 Å². The van der Waals surface area contributed by atoms with Gasteiger partial charge >= 0.3 is 5.97 Å². The van der Waals surface area contributed by atoms with Crippen molar-refractivity contribution in [2.45, 2.75) is 223 Å². The first-order valence-electron chi connectivity index (χ1n) is 24.2. The van der Waals surface area contributed by atoms with Crippen LogP contribution in [0.2, 0.25) is 0 Å². The number of ether oxygens (including phenoxy) is 6. The van der Waals surface area contributed by atoms with Crippen molar-refractivity contribution < 1.29 is 69.0 Å². The van der Waals surface area contributed by atoms with Crippen molar-refractivity contribution in [2.75, 3.05) is 33.0 Å². The van der Waals surface area contributed by atoms with Crippen molar-refractivity contribution in [3.05, 3.63) is 48.6 Å². The lowest BCUT2D eigenvalue weighted by Gasteiger charge is -2.42.